The molecule has 0 spiro atoms. The molecule has 120 valence electrons. The van der Waals surface area contributed by atoms with Crippen molar-refractivity contribution in [2.75, 3.05) is 12.9 Å². The van der Waals surface area contributed by atoms with E-state index in [0.717, 1.165) is 30.5 Å². The Balaban J connectivity index is 2.22. The lowest BCUT2D eigenvalue weighted by Crippen LogP contribution is -2.37. The van der Waals surface area contributed by atoms with Gasteiger partial charge in [-0.15, -0.1) is 0 Å². The van der Waals surface area contributed by atoms with E-state index in [0.29, 0.717) is 0 Å². The SMILES string of the molecule is CO[C@@H](C)CS(=O)(=O)N[C@@H]1CCCc2cnn(C(C)C)c21. The standard InChI is InChI=1S/C14H25N3O3S/c1-10(2)17-14-12(8-15-17)6-5-7-13(14)16-21(18,19)9-11(3)20-4/h8,10-11,13,16H,5-7,9H2,1-4H3/t11-,13+/m0/s1. The molecule has 7 heteroatoms. The van der Waals surface area contributed by atoms with Crippen molar-refractivity contribution < 1.29 is 13.2 Å². The number of aromatic nitrogens is 2. The van der Waals surface area contributed by atoms with Crippen LogP contribution in [0.25, 0.3) is 0 Å². The van der Waals surface area contributed by atoms with E-state index in [2.05, 4.69) is 23.7 Å². The third-order valence-corrected chi connectivity index (χ3v) is 5.40. The molecule has 1 aliphatic rings. The van der Waals surface area contributed by atoms with Gasteiger partial charge in [0.25, 0.3) is 0 Å². The van der Waals surface area contributed by atoms with Crippen LogP contribution in [-0.2, 0) is 21.2 Å². The van der Waals surface area contributed by atoms with Crippen LogP contribution in [0, 0.1) is 0 Å². The summed E-state index contributed by atoms with van der Waals surface area (Å²) < 4.78 is 34.3. The monoisotopic (exact) mass is 315 g/mol. The van der Waals surface area contributed by atoms with Crippen LogP contribution in [0.4, 0.5) is 0 Å². The highest BCUT2D eigenvalue weighted by Gasteiger charge is 2.29. The molecule has 21 heavy (non-hydrogen) atoms. The fourth-order valence-corrected chi connectivity index (χ4v) is 4.30. The predicted molar refractivity (Wildman–Crippen MR) is 81.7 cm³/mol. The maximum atomic E-state index is 12.3. The quantitative estimate of drug-likeness (QED) is 0.868. The van der Waals surface area contributed by atoms with Gasteiger partial charge in [0.2, 0.25) is 10.0 Å². The van der Waals surface area contributed by atoms with Crippen LogP contribution < -0.4 is 4.72 Å². The lowest BCUT2D eigenvalue weighted by Gasteiger charge is -2.26. The molecule has 0 saturated heterocycles. The van der Waals surface area contributed by atoms with Crippen LogP contribution in [-0.4, -0.2) is 37.2 Å². The van der Waals surface area contributed by atoms with Crippen molar-refractivity contribution in [3.05, 3.63) is 17.5 Å². The highest BCUT2D eigenvalue weighted by Crippen LogP contribution is 2.31. The summed E-state index contributed by atoms with van der Waals surface area (Å²) in [7, 11) is -1.85. The summed E-state index contributed by atoms with van der Waals surface area (Å²) in [6.07, 6.45) is 4.30. The lowest BCUT2D eigenvalue weighted by atomic mass is 9.94. The highest BCUT2D eigenvalue weighted by molar-refractivity contribution is 7.89. The van der Waals surface area contributed by atoms with Crippen molar-refractivity contribution in [1.82, 2.24) is 14.5 Å². The Morgan fingerprint density at radius 3 is 2.81 bits per heavy atom. The van der Waals surface area contributed by atoms with E-state index in [1.54, 1.807) is 6.92 Å². The number of methoxy groups -OCH3 is 1. The first-order chi connectivity index (χ1) is 9.84. The molecule has 0 unspecified atom stereocenters. The van der Waals surface area contributed by atoms with Crippen molar-refractivity contribution in [2.24, 2.45) is 0 Å². The number of hydrogen-bond donors (Lipinski definition) is 1. The Bertz CT molecular complexity index is 580. The second-order valence-corrected chi connectivity index (χ2v) is 7.78. The summed E-state index contributed by atoms with van der Waals surface area (Å²) in [5, 5.41) is 4.41. The first-order valence-electron chi connectivity index (χ1n) is 7.43. The zero-order valence-corrected chi connectivity index (χ0v) is 14.0. The molecule has 1 aromatic rings. The molecule has 2 atom stereocenters. The molecular formula is C14H25N3O3S. The van der Waals surface area contributed by atoms with E-state index < -0.39 is 10.0 Å². The first-order valence-corrected chi connectivity index (χ1v) is 9.08. The number of hydrogen-bond acceptors (Lipinski definition) is 4. The van der Waals surface area contributed by atoms with Gasteiger partial charge in [-0.25, -0.2) is 13.1 Å². The van der Waals surface area contributed by atoms with Gasteiger partial charge in [-0.2, -0.15) is 5.10 Å². The molecule has 0 aliphatic heterocycles. The van der Waals surface area contributed by atoms with Crippen LogP contribution in [0.2, 0.25) is 0 Å². The molecule has 0 aromatic carbocycles. The molecule has 0 fully saturated rings. The molecular weight excluding hydrogens is 290 g/mol. The van der Waals surface area contributed by atoms with Crippen molar-refractivity contribution in [2.45, 2.75) is 58.2 Å². The van der Waals surface area contributed by atoms with E-state index >= 15 is 0 Å². The van der Waals surface area contributed by atoms with Gasteiger partial charge >= 0.3 is 0 Å². The number of aryl methyl sites for hydroxylation is 1. The molecule has 1 heterocycles. The number of rotatable bonds is 6. The topological polar surface area (TPSA) is 73.2 Å². The van der Waals surface area contributed by atoms with Crippen molar-refractivity contribution in [1.29, 1.82) is 0 Å². The van der Waals surface area contributed by atoms with Crippen molar-refractivity contribution >= 4 is 10.0 Å². The number of fused-ring (bicyclic) bond motifs is 1. The van der Waals surface area contributed by atoms with E-state index in [-0.39, 0.29) is 23.9 Å². The Morgan fingerprint density at radius 2 is 2.19 bits per heavy atom. The molecule has 6 nitrogen and oxygen atoms in total. The number of ether oxygens (including phenoxy) is 1. The summed E-state index contributed by atoms with van der Waals surface area (Å²) in [5.41, 5.74) is 2.17. The van der Waals surface area contributed by atoms with Crippen LogP contribution in [0.1, 0.15) is 57.0 Å². The molecule has 0 bridgehead atoms. The second-order valence-electron chi connectivity index (χ2n) is 5.98. The average Bonchev–Trinajstić information content (AvgIpc) is 2.82. The molecule has 1 aliphatic carbocycles. The van der Waals surface area contributed by atoms with Crippen molar-refractivity contribution in [3.8, 4) is 0 Å². The number of nitrogens with one attached hydrogen (secondary N) is 1. The van der Waals surface area contributed by atoms with E-state index in [4.69, 9.17) is 4.74 Å². The molecule has 1 N–H and O–H groups in total. The number of sulfonamides is 1. The van der Waals surface area contributed by atoms with E-state index in [1.807, 2.05) is 10.9 Å². The normalized spacial score (nSPS) is 20.5. The van der Waals surface area contributed by atoms with Gasteiger partial charge in [-0.05, 0) is 45.6 Å². The fraction of sp³-hybridized carbons (Fsp3) is 0.786. The van der Waals surface area contributed by atoms with Gasteiger partial charge in [0.1, 0.15) is 0 Å². The largest absolute Gasteiger partial charge is 0.381 e. The number of nitrogens with zero attached hydrogens (tertiary/aromatic N) is 2. The molecule has 0 amide bonds. The summed E-state index contributed by atoms with van der Waals surface area (Å²) >= 11 is 0. The van der Waals surface area contributed by atoms with Gasteiger partial charge in [0.15, 0.2) is 0 Å². The van der Waals surface area contributed by atoms with Crippen LogP contribution in [0.3, 0.4) is 0 Å². The maximum absolute atomic E-state index is 12.3. The van der Waals surface area contributed by atoms with Crippen molar-refractivity contribution in [3.63, 3.8) is 0 Å². The molecule has 1 aromatic heterocycles. The smallest absolute Gasteiger partial charge is 0.214 e. The van der Waals surface area contributed by atoms with Crippen LogP contribution >= 0.6 is 0 Å². The molecule has 0 saturated carbocycles. The van der Waals surface area contributed by atoms with E-state index in [9.17, 15) is 8.42 Å². The fourth-order valence-electron chi connectivity index (χ4n) is 2.78. The minimum Gasteiger partial charge on any atom is -0.381 e. The lowest BCUT2D eigenvalue weighted by molar-refractivity contribution is 0.136. The second kappa shape index (κ2) is 6.46. The third kappa shape index (κ3) is 3.84. The minimum absolute atomic E-state index is 0.0227. The summed E-state index contributed by atoms with van der Waals surface area (Å²) in [4.78, 5) is 0. The average molecular weight is 315 g/mol. The predicted octanol–water partition coefficient (Wildman–Crippen LogP) is 1.80. The van der Waals surface area contributed by atoms with Gasteiger partial charge in [0, 0.05) is 13.2 Å². The maximum Gasteiger partial charge on any atom is 0.214 e. The summed E-state index contributed by atoms with van der Waals surface area (Å²) in [6, 6.07) is 0.0319. The summed E-state index contributed by atoms with van der Waals surface area (Å²) in [5.74, 6) is -0.0227. The Morgan fingerprint density at radius 1 is 1.48 bits per heavy atom. The minimum atomic E-state index is -3.37. The molecule has 2 rings (SSSR count). The van der Waals surface area contributed by atoms with Crippen LogP contribution in [0.5, 0.6) is 0 Å². The third-order valence-electron chi connectivity index (χ3n) is 3.85. The van der Waals surface area contributed by atoms with Gasteiger partial charge in [-0.1, -0.05) is 0 Å². The zero-order chi connectivity index (χ0) is 15.6. The zero-order valence-electron chi connectivity index (χ0n) is 13.2. The first kappa shape index (κ1) is 16.5. The molecule has 0 radical (unpaired) electrons. The van der Waals surface area contributed by atoms with Gasteiger partial charge < -0.3 is 4.74 Å². The van der Waals surface area contributed by atoms with E-state index in [1.165, 1.54) is 7.11 Å². The van der Waals surface area contributed by atoms with Gasteiger partial charge in [-0.3, -0.25) is 4.68 Å². The summed E-state index contributed by atoms with van der Waals surface area (Å²) in [6.45, 7) is 5.87. The Hall–Kier alpha value is -0.920. The Kier molecular flexibility index (Phi) is 5.06. The Labute approximate surface area is 126 Å². The highest BCUT2D eigenvalue weighted by atomic mass is 32.2. The van der Waals surface area contributed by atoms with Crippen LogP contribution in [0.15, 0.2) is 6.20 Å². The van der Waals surface area contributed by atoms with Gasteiger partial charge in [0.05, 0.1) is 29.8 Å².